The summed E-state index contributed by atoms with van der Waals surface area (Å²) in [7, 11) is 1.82. The smallest absolute Gasteiger partial charge is 0.191 e. The van der Waals surface area contributed by atoms with E-state index in [-0.39, 0.29) is 30.1 Å². The second-order valence-corrected chi connectivity index (χ2v) is 7.46. The monoisotopic (exact) mass is 492 g/mol. The molecular weight excluding hydrogens is 463 g/mol. The van der Waals surface area contributed by atoms with Crippen LogP contribution in [0.5, 0.6) is 5.75 Å². The molecule has 1 heterocycles. The maximum Gasteiger partial charge on any atom is 0.191 e. The number of likely N-dealkylation sites (tertiary alicyclic amines) is 1. The fraction of sp³-hybridized carbons (Fsp3) is 0.632. The van der Waals surface area contributed by atoms with Crippen LogP contribution < -0.4 is 15.4 Å². The Morgan fingerprint density at radius 1 is 1.31 bits per heavy atom. The van der Waals surface area contributed by atoms with Gasteiger partial charge in [0.05, 0.1) is 6.54 Å². The number of ether oxygens (including phenoxy) is 1. The molecule has 2 aliphatic rings. The molecule has 146 valence electrons. The quantitative estimate of drug-likeness (QED) is 0.362. The highest BCUT2D eigenvalue weighted by Crippen LogP contribution is 2.29. The summed E-state index contributed by atoms with van der Waals surface area (Å²) in [5, 5.41) is 7.60. The van der Waals surface area contributed by atoms with Gasteiger partial charge in [0.2, 0.25) is 0 Å². The number of nitrogens with zero attached hydrogens (tertiary/aromatic N) is 2. The SMILES string of the molecule is CN=C(NCC(C)Oc1cccc(Cl)c1)NC1CCN(C2CC2)CC1.I. The molecule has 2 fully saturated rings. The highest BCUT2D eigenvalue weighted by atomic mass is 127. The van der Waals surface area contributed by atoms with E-state index < -0.39 is 0 Å². The second kappa shape index (κ2) is 10.6. The molecule has 0 bridgehead atoms. The number of piperidine rings is 1. The zero-order valence-electron chi connectivity index (χ0n) is 15.6. The predicted octanol–water partition coefficient (Wildman–Crippen LogP) is 3.52. The van der Waals surface area contributed by atoms with Crippen LogP contribution in [0.25, 0.3) is 0 Å². The van der Waals surface area contributed by atoms with Gasteiger partial charge in [-0.25, -0.2) is 0 Å². The van der Waals surface area contributed by atoms with Gasteiger partial charge in [-0.2, -0.15) is 0 Å². The van der Waals surface area contributed by atoms with E-state index in [9.17, 15) is 0 Å². The van der Waals surface area contributed by atoms with Crippen LogP contribution in [0, 0.1) is 0 Å². The summed E-state index contributed by atoms with van der Waals surface area (Å²) < 4.78 is 5.89. The summed E-state index contributed by atoms with van der Waals surface area (Å²) in [6.45, 7) is 5.13. The molecule has 2 N–H and O–H groups in total. The van der Waals surface area contributed by atoms with E-state index in [1.165, 1.54) is 38.8 Å². The molecule has 1 aliphatic heterocycles. The van der Waals surface area contributed by atoms with Crippen molar-refractivity contribution in [2.24, 2.45) is 4.99 Å². The van der Waals surface area contributed by atoms with Crippen LogP contribution >= 0.6 is 35.6 Å². The van der Waals surface area contributed by atoms with Crippen LogP contribution in [0.4, 0.5) is 0 Å². The van der Waals surface area contributed by atoms with Crippen molar-refractivity contribution in [3.63, 3.8) is 0 Å². The summed E-state index contributed by atoms with van der Waals surface area (Å²) in [5.41, 5.74) is 0. The van der Waals surface area contributed by atoms with E-state index in [1.54, 1.807) is 0 Å². The molecule has 26 heavy (non-hydrogen) atoms. The minimum absolute atomic E-state index is 0. The maximum atomic E-state index is 5.99. The Morgan fingerprint density at radius 3 is 2.65 bits per heavy atom. The van der Waals surface area contributed by atoms with Gasteiger partial charge in [-0.15, -0.1) is 24.0 Å². The molecule has 0 radical (unpaired) electrons. The highest BCUT2D eigenvalue weighted by molar-refractivity contribution is 14.0. The third-order valence-corrected chi connectivity index (χ3v) is 5.08. The maximum absolute atomic E-state index is 5.99. The van der Waals surface area contributed by atoms with Crippen LogP contribution in [0.15, 0.2) is 29.3 Å². The van der Waals surface area contributed by atoms with Crippen molar-refractivity contribution in [3.8, 4) is 5.75 Å². The van der Waals surface area contributed by atoms with E-state index in [0.717, 1.165) is 17.8 Å². The third-order valence-electron chi connectivity index (χ3n) is 4.85. The lowest BCUT2D eigenvalue weighted by molar-refractivity contribution is 0.196. The van der Waals surface area contributed by atoms with E-state index in [0.29, 0.717) is 17.6 Å². The highest BCUT2D eigenvalue weighted by Gasteiger charge is 2.31. The molecule has 7 heteroatoms. The fourth-order valence-corrected chi connectivity index (χ4v) is 3.47. The minimum Gasteiger partial charge on any atom is -0.489 e. The number of hydrogen-bond donors (Lipinski definition) is 2. The average molecular weight is 493 g/mol. The molecule has 0 spiro atoms. The molecular formula is C19H30ClIN4O. The Hall–Kier alpha value is -0.730. The molecule has 1 aliphatic carbocycles. The standard InChI is InChI=1S/C19H29ClN4O.HI/c1-14(25-18-5-3-4-15(20)12-18)13-22-19(21-2)23-16-8-10-24(11-9-16)17-6-7-17;/h3-5,12,14,16-17H,6-11,13H2,1-2H3,(H2,21,22,23);1H. The van der Waals surface area contributed by atoms with Gasteiger partial charge in [0.25, 0.3) is 0 Å². The van der Waals surface area contributed by atoms with Gasteiger partial charge in [0.1, 0.15) is 11.9 Å². The van der Waals surface area contributed by atoms with E-state index in [2.05, 4.69) is 20.5 Å². The van der Waals surface area contributed by atoms with Crippen molar-refractivity contribution < 1.29 is 4.74 Å². The molecule has 1 atom stereocenters. The first-order valence-electron chi connectivity index (χ1n) is 9.27. The number of aliphatic imine (C=N–C) groups is 1. The lowest BCUT2D eigenvalue weighted by Crippen LogP contribution is -2.50. The van der Waals surface area contributed by atoms with E-state index >= 15 is 0 Å². The zero-order chi connectivity index (χ0) is 17.6. The predicted molar refractivity (Wildman–Crippen MR) is 119 cm³/mol. The summed E-state index contributed by atoms with van der Waals surface area (Å²) in [6.07, 6.45) is 5.18. The Morgan fingerprint density at radius 2 is 2.04 bits per heavy atom. The molecule has 1 unspecified atom stereocenters. The van der Waals surface area contributed by atoms with Crippen LogP contribution in [0.2, 0.25) is 5.02 Å². The largest absolute Gasteiger partial charge is 0.489 e. The summed E-state index contributed by atoms with van der Waals surface area (Å²) in [6, 6.07) is 8.87. The zero-order valence-corrected chi connectivity index (χ0v) is 18.7. The molecule has 1 aromatic carbocycles. The Labute approximate surface area is 178 Å². The summed E-state index contributed by atoms with van der Waals surface area (Å²) in [4.78, 5) is 6.98. The van der Waals surface area contributed by atoms with Crippen molar-refractivity contribution in [3.05, 3.63) is 29.3 Å². The average Bonchev–Trinajstić information content (AvgIpc) is 3.44. The first-order chi connectivity index (χ1) is 12.1. The summed E-state index contributed by atoms with van der Waals surface area (Å²) >= 11 is 5.99. The van der Waals surface area contributed by atoms with Gasteiger partial charge in [-0.1, -0.05) is 17.7 Å². The molecule has 1 saturated heterocycles. The number of rotatable bonds is 6. The van der Waals surface area contributed by atoms with Crippen molar-refractivity contribution in [1.29, 1.82) is 0 Å². The number of nitrogens with one attached hydrogen (secondary N) is 2. The number of benzene rings is 1. The molecule has 1 aromatic rings. The number of hydrogen-bond acceptors (Lipinski definition) is 3. The first-order valence-corrected chi connectivity index (χ1v) is 9.65. The van der Waals surface area contributed by atoms with Crippen LogP contribution in [-0.2, 0) is 0 Å². The lowest BCUT2D eigenvalue weighted by atomic mass is 10.1. The van der Waals surface area contributed by atoms with Gasteiger partial charge in [0.15, 0.2) is 5.96 Å². The minimum atomic E-state index is 0. The normalized spacial score (nSPS) is 20.2. The lowest BCUT2D eigenvalue weighted by Gasteiger charge is -2.33. The molecule has 5 nitrogen and oxygen atoms in total. The molecule has 3 rings (SSSR count). The van der Waals surface area contributed by atoms with Gasteiger partial charge in [0, 0.05) is 37.2 Å². The Balaban J connectivity index is 0.00000243. The first kappa shape index (κ1) is 21.6. The van der Waals surface area contributed by atoms with Crippen LogP contribution in [0.3, 0.4) is 0 Å². The topological polar surface area (TPSA) is 48.9 Å². The summed E-state index contributed by atoms with van der Waals surface area (Å²) in [5.74, 6) is 1.64. The van der Waals surface area contributed by atoms with Crippen molar-refractivity contribution in [1.82, 2.24) is 15.5 Å². The van der Waals surface area contributed by atoms with Gasteiger partial charge < -0.3 is 20.3 Å². The molecule has 0 amide bonds. The van der Waals surface area contributed by atoms with Gasteiger partial charge in [-0.05, 0) is 50.8 Å². The van der Waals surface area contributed by atoms with Crippen molar-refractivity contribution in [2.45, 2.75) is 50.8 Å². The number of halogens is 2. The Bertz CT molecular complexity index is 589. The van der Waals surface area contributed by atoms with E-state index in [4.69, 9.17) is 16.3 Å². The van der Waals surface area contributed by atoms with Crippen molar-refractivity contribution in [2.75, 3.05) is 26.7 Å². The van der Waals surface area contributed by atoms with Crippen LogP contribution in [0.1, 0.15) is 32.6 Å². The second-order valence-electron chi connectivity index (χ2n) is 7.02. The van der Waals surface area contributed by atoms with Crippen molar-refractivity contribution >= 4 is 41.5 Å². The molecule has 0 aromatic heterocycles. The van der Waals surface area contributed by atoms with Gasteiger partial charge >= 0.3 is 0 Å². The van der Waals surface area contributed by atoms with E-state index in [1.807, 2.05) is 38.2 Å². The van der Waals surface area contributed by atoms with Crippen LogP contribution in [-0.4, -0.2) is 55.7 Å². The third kappa shape index (κ3) is 6.78. The Kier molecular flexibility index (Phi) is 8.76. The van der Waals surface area contributed by atoms with Gasteiger partial charge in [-0.3, -0.25) is 4.99 Å². The fourth-order valence-electron chi connectivity index (χ4n) is 3.29. The molecule has 1 saturated carbocycles. The number of guanidine groups is 1.